The summed E-state index contributed by atoms with van der Waals surface area (Å²) in [6.07, 6.45) is 0.415. The molecule has 0 atom stereocenters. The van der Waals surface area contributed by atoms with E-state index in [9.17, 15) is 4.79 Å². The maximum atomic E-state index is 10.1. The van der Waals surface area contributed by atoms with Gasteiger partial charge in [-0.15, -0.1) is 0 Å². The lowest BCUT2D eigenvalue weighted by Crippen LogP contribution is -1.96. The molecule has 0 aliphatic rings. The van der Waals surface area contributed by atoms with E-state index >= 15 is 0 Å². The van der Waals surface area contributed by atoms with Crippen molar-refractivity contribution >= 4 is 51.9 Å². The predicted octanol–water partition coefficient (Wildman–Crippen LogP) is 3.16. The number of hydrogen-bond acceptors (Lipinski definition) is 3. The zero-order chi connectivity index (χ0) is 10.6. The summed E-state index contributed by atoms with van der Waals surface area (Å²) in [6, 6.07) is 4.82. The monoisotopic (exact) mass is 250 g/mol. The highest BCUT2D eigenvalue weighted by Crippen LogP contribution is 2.25. The van der Waals surface area contributed by atoms with Gasteiger partial charge >= 0.3 is 0 Å². The Hall–Kier alpha value is -0.770. The first-order valence-electron chi connectivity index (χ1n) is 3.53. The number of nitrogens with zero attached hydrogens (tertiary/aromatic N) is 1. The Morgan fingerprint density at radius 1 is 1.43 bits per heavy atom. The standard InChI is InChI=1S/C8H5Cl3N2O/c9-5-1-2-7(6(10)3-5)12-13-8(11)4-14/h1-4,12H. The van der Waals surface area contributed by atoms with E-state index in [4.69, 9.17) is 34.8 Å². The number of nitrogens with one attached hydrogen (secondary N) is 1. The van der Waals surface area contributed by atoms with Crippen LogP contribution in [0.25, 0.3) is 0 Å². The van der Waals surface area contributed by atoms with Crippen molar-refractivity contribution in [3.8, 4) is 0 Å². The average molecular weight is 252 g/mol. The molecule has 74 valence electrons. The lowest BCUT2D eigenvalue weighted by Gasteiger charge is -2.02. The van der Waals surface area contributed by atoms with Crippen LogP contribution in [0.2, 0.25) is 10.0 Å². The topological polar surface area (TPSA) is 41.5 Å². The summed E-state index contributed by atoms with van der Waals surface area (Å²) < 4.78 is 0. The van der Waals surface area contributed by atoms with Gasteiger partial charge in [0.05, 0.1) is 10.7 Å². The minimum absolute atomic E-state index is 0.184. The van der Waals surface area contributed by atoms with Crippen LogP contribution >= 0.6 is 34.8 Å². The summed E-state index contributed by atoms with van der Waals surface area (Å²) in [5.74, 6) is 0. The molecule has 0 unspecified atom stereocenters. The van der Waals surface area contributed by atoms with Crippen LogP contribution in [0.1, 0.15) is 0 Å². The molecular weight excluding hydrogens is 246 g/mol. The third-order valence-corrected chi connectivity index (χ3v) is 2.03. The molecule has 0 spiro atoms. The Kier molecular flexibility index (Phi) is 4.20. The summed E-state index contributed by atoms with van der Waals surface area (Å²) >= 11 is 16.8. The Morgan fingerprint density at radius 3 is 2.71 bits per heavy atom. The van der Waals surface area contributed by atoms with Gasteiger partial charge < -0.3 is 0 Å². The molecule has 1 N–H and O–H groups in total. The van der Waals surface area contributed by atoms with Crippen molar-refractivity contribution in [2.24, 2.45) is 5.10 Å². The van der Waals surface area contributed by atoms with Gasteiger partial charge in [0.1, 0.15) is 0 Å². The van der Waals surface area contributed by atoms with Gasteiger partial charge in [-0.1, -0.05) is 34.8 Å². The highest BCUT2D eigenvalue weighted by Gasteiger charge is 1.99. The second-order valence-corrected chi connectivity index (χ2v) is 3.52. The maximum absolute atomic E-state index is 10.1. The Bertz CT molecular complexity index is 379. The molecule has 0 saturated heterocycles. The fraction of sp³-hybridized carbons (Fsp3) is 0. The van der Waals surface area contributed by atoms with Crippen molar-refractivity contribution in [3.05, 3.63) is 28.2 Å². The van der Waals surface area contributed by atoms with E-state index in [0.717, 1.165) is 0 Å². The van der Waals surface area contributed by atoms with E-state index < -0.39 is 0 Å². The van der Waals surface area contributed by atoms with Crippen molar-refractivity contribution in [2.75, 3.05) is 5.43 Å². The SMILES string of the molecule is O=CC(Cl)=NNc1ccc(Cl)cc1Cl. The van der Waals surface area contributed by atoms with Crippen LogP contribution in [0, 0.1) is 0 Å². The summed E-state index contributed by atoms with van der Waals surface area (Å²) in [7, 11) is 0. The zero-order valence-corrected chi connectivity index (χ0v) is 9.07. The largest absolute Gasteiger partial charge is 0.295 e. The second kappa shape index (κ2) is 5.20. The molecule has 0 fully saturated rings. The van der Waals surface area contributed by atoms with Gasteiger partial charge in [0.15, 0.2) is 11.5 Å². The maximum Gasteiger partial charge on any atom is 0.189 e. The molecule has 0 aromatic heterocycles. The number of aldehydes is 1. The fourth-order valence-electron chi connectivity index (χ4n) is 0.720. The number of halogens is 3. The lowest BCUT2D eigenvalue weighted by molar-refractivity contribution is -0.102. The molecule has 0 saturated carbocycles. The molecule has 0 bridgehead atoms. The molecule has 14 heavy (non-hydrogen) atoms. The van der Waals surface area contributed by atoms with Gasteiger partial charge in [-0.05, 0) is 18.2 Å². The van der Waals surface area contributed by atoms with Gasteiger partial charge in [-0.3, -0.25) is 10.2 Å². The Morgan fingerprint density at radius 2 is 2.14 bits per heavy atom. The van der Waals surface area contributed by atoms with Crippen LogP contribution in [0.5, 0.6) is 0 Å². The molecule has 0 amide bonds. The number of carbonyl (C=O) groups is 1. The number of carbonyl (C=O) groups excluding carboxylic acids is 1. The van der Waals surface area contributed by atoms with Crippen LogP contribution in [-0.4, -0.2) is 11.5 Å². The van der Waals surface area contributed by atoms with E-state index in [-0.39, 0.29) is 5.17 Å². The Balaban J connectivity index is 2.82. The van der Waals surface area contributed by atoms with E-state index in [0.29, 0.717) is 22.0 Å². The van der Waals surface area contributed by atoms with Gasteiger partial charge in [0, 0.05) is 5.02 Å². The minimum atomic E-state index is -0.184. The zero-order valence-electron chi connectivity index (χ0n) is 6.80. The van der Waals surface area contributed by atoms with Gasteiger partial charge in [0.2, 0.25) is 0 Å². The summed E-state index contributed by atoms with van der Waals surface area (Å²) in [4.78, 5) is 10.1. The lowest BCUT2D eigenvalue weighted by atomic mass is 10.3. The number of hydrogen-bond donors (Lipinski definition) is 1. The molecule has 1 aromatic rings. The summed E-state index contributed by atoms with van der Waals surface area (Å²) in [6.45, 7) is 0. The number of hydrazone groups is 1. The van der Waals surface area contributed by atoms with E-state index in [2.05, 4.69) is 10.5 Å². The molecule has 1 rings (SSSR count). The number of anilines is 1. The van der Waals surface area contributed by atoms with Crippen LogP contribution in [0.15, 0.2) is 23.3 Å². The van der Waals surface area contributed by atoms with Crippen LogP contribution in [-0.2, 0) is 4.79 Å². The molecule has 0 aliphatic heterocycles. The van der Waals surface area contributed by atoms with Crippen LogP contribution in [0.4, 0.5) is 5.69 Å². The third kappa shape index (κ3) is 3.18. The quantitative estimate of drug-likeness (QED) is 0.509. The predicted molar refractivity (Wildman–Crippen MR) is 59.4 cm³/mol. The Labute approximate surface area is 95.6 Å². The number of benzene rings is 1. The molecule has 3 nitrogen and oxygen atoms in total. The van der Waals surface area contributed by atoms with Crippen molar-refractivity contribution < 1.29 is 4.79 Å². The molecular formula is C8H5Cl3N2O. The van der Waals surface area contributed by atoms with Crippen LogP contribution < -0.4 is 5.43 Å². The molecule has 0 heterocycles. The molecule has 1 aromatic carbocycles. The van der Waals surface area contributed by atoms with Crippen molar-refractivity contribution in [1.82, 2.24) is 0 Å². The van der Waals surface area contributed by atoms with E-state index in [1.54, 1.807) is 18.2 Å². The number of rotatable bonds is 3. The van der Waals surface area contributed by atoms with Crippen molar-refractivity contribution in [1.29, 1.82) is 0 Å². The fourth-order valence-corrected chi connectivity index (χ4v) is 1.21. The van der Waals surface area contributed by atoms with E-state index in [1.807, 2.05) is 0 Å². The van der Waals surface area contributed by atoms with Gasteiger partial charge in [-0.2, -0.15) is 5.10 Å². The van der Waals surface area contributed by atoms with Crippen LogP contribution in [0.3, 0.4) is 0 Å². The first-order chi connectivity index (χ1) is 6.63. The van der Waals surface area contributed by atoms with Crippen molar-refractivity contribution in [2.45, 2.75) is 0 Å². The molecule has 6 heteroatoms. The minimum Gasteiger partial charge on any atom is -0.295 e. The van der Waals surface area contributed by atoms with E-state index in [1.165, 1.54) is 0 Å². The highest BCUT2D eigenvalue weighted by atomic mass is 35.5. The first kappa shape index (κ1) is 11.3. The normalized spacial score (nSPS) is 11.2. The summed E-state index contributed by atoms with van der Waals surface area (Å²) in [5.41, 5.74) is 3.05. The first-order valence-corrected chi connectivity index (χ1v) is 4.66. The molecule has 0 aliphatic carbocycles. The van der Waals surface area contributed by atoms with Gasteiger partial charge in [0.25, 0.3) is 0 Å². The molecule has 0 radical (unpaired) electrons. The third-order valence-electron chi connectivity index (χ3n) is 1.31. The smallest absolute Gasteiger partial charge is 0.189 e. The summed E-state index contributed by atoms with van der Waals surface area (Å²) in [5, 5.41) is 4.27. The average Bonchev–Trinajstić information content (AvgIpc) is 2.16. The highest BCUT2D eigenvalue weighted by molar-refractivity contribution is 6.79. The second-order valence-electron chi connectivity index (χ2n) is 2.29. The van der Waals surface area contributed by atoms with Crippen molar-refractivity contribution in [3.63, 3.8) is 0 Å². The van der Waals surface area contributed by atoms with Gasteiger partial charge in [-0.25, -0.2) is 0 Å².